The summed E-state index contributed by atoms with van der Waals surface area (Å²) in [6.45, 7) is 2.98. The number of piperidine rings is 1. The lowest BCUT2D eigenvalue weighted by atomic mass is 10.0. The van der Waals surface area contributed by atoms with Crippen LogP contribution in [0, 0.1) is 0 Å². The fraction of sp³-hybridized carbons (Fsp3) is 0.579. The number of hydrogen-bond donors (Lipinski definition) is 1. The molecule has 4 rings (SSSR count). The van der Waals surface area contributed by atoms with Crippen molar-refractivity contribution in [3.63, 3.8) is 0 Å². The summed E-state index contributed by atoms with van der Waals surface area (Å²) in [5, 5.41) is 4.05. The molecule has 0 spiro atoms. The van der Waals surface area contributed by atoms with Crippen molar-refractivity contribution in [2.24, 2.45) is 0 Å². The number of carbonyl (C=O) groups is 1. The van der Waals surface area contributed by atoms with Crippen molar-refractivity contribution in [3.8, 4) is 0 Å². The average Bonchev–Trinajstić information content (AvgIpc) is 3.15. The van der Waals surface area contributed by atoms with Gasteiger partial charge >= 0.3 is 0 Å². The molecule has 0 saturated carbocycles. The fourth-order valence-electron chi connectivity index (χ4n) is 4.16. The largest absolute Gasteiger partial charge is 0.349 e. The number of likely N-dealkylation sites (tertiary alicyclic amines) is 1. The second-order valence-electron chi connectivity index (χ2n) is 7.95. The highest BCUT2D eigenvalue weighted by molar-refractivity contribution is 7.91. The van der Waals surface area contributed by atoms with Crippen LogP contribution in [0.5, 0.6) is 0 Å². The van der Waals surface area contributed by atoms with Crippen LogP contribution in [0.2, 0.25) is 0 Å². The fourth-order valence-corrected chi connectivity index (χ4v) is 7.39. The Morgan fingerprint density at radius 1 is 1.37 bits per heavy atom. The zero-order valence-corrected chi connectivity index (χ0v) is 17.1. The van der Waals surface area contributed by atoms with Gasteiger partial charge in [0.1, 0.15) is 5.01 Å². The van der Waals surface area contributed by atoms with Gasteiger partial charge in [0, 0.05) is 0 Å². The molecule has 1 aromatic heterocycles. The van der Waals surface area contributed by atoms with Crippen molar-refractivity contribution in [2.45, 2.75) is 44.2 Å². The van der Waals surface area contributed by atoms with Crippen molar-refractivity contribution in [1.29, 1.82) is 0 Å². The maximum atomic E-state index is 12.7. The van der Waals surface area contributed by atoms with E-state index in [1.165, 1.54) is 4.70 Å². The Hall–Kier alpha value is -1.51. The van der Waals surface area contributed by atoms with E-state index in [9.17, 15) is 13.2 Å². The third-order valence-corrected chi connectivity index (χ3v) is 8.54. The molecule has 2 atom stereocenters. The topological polar surface area (TPSA) is 79.4 Å². The maximum Gasteiger partial charge on any atom is 0.234 e. The van der Waals surface area contributed by atoms with Crippen LogP contribution < -0.4 is 5.32 Å². The summed E-state index contributed by atoms with van der Waals surface area (Å²) in [7, 11) is -3.04. The summed E-state index contributed by atoms with van der Waals surface area (Å²) in [5.74, 6) is 0.0945. The lowest BCUT2D eigenvalue weighted by molar-refractivity contribution is -0.124. The number of hydrogen-bond acceptors (Lipinski definition) is 6. The quantitative estimate of drug-likeness (QED) is 0.842. The summed E-state index contributed by atoms with van der Waals surface area (Å²) in [5.41, 5.74) is 0.369. The first-order valence-electron chi connectivity index (χ1n) is 9.45. The number of nitrogens with one attached hydrogen (secondary N) is 1. The molecule has 1 N–H and O–H groups in total. The molecule has 0 unspecified atom stereocenters. The highest BCUT2D eigenvalue weighted by Gasteiger charge is 2.40. The van der Waals surface area contributed by atoms with Gasteiger partial charge in [0.2, 0.25) is 5.91 Å². The molecule has 3 heterocycles. The van der Waals surface area contributed by atoms with Crippen LogP contribution in [0.25, 0.3) is 10.2 Å². The first-order chi connectivity index (χ1) is 12.8. The highest BCUT2D eigenvalue weighted by Crippen LogP contribution is 2.35. The molecule has 2 aliphatic heterocycles. The minimum absolute atomic E-state index is 0.0348. The molecule has 2 aromatic rings. The molecule has 1 aromatic carbocycles. The summed E-state index contributed by atoms with van der Waals surface area (Å²) >= 11 is 1.70. The molecule has 27 heavy (non-hydrogen) atoms. The van der Waals surface area contributed by atoms with E-state index in [1.54, 1.807) is 11.3 Å². The van der Waals surface area contributed by atoms with Crippen LogP contribution in [0.3, 0.4) is 0 Å². The zero-order valence-electron chi connectivity index (χ0n) is 15.5. The van der Waals surface area contributed by atoms with Crippen LogP contribution in [-0.4, -0.2) is 54.3 Å². The van der Waals surface area contributed by atoms with Crippen molar-refractivity contribution < 1.29 is 13.2 Å². The van der Waals surface area contributed by atoms with Crippen LogP contribution in [-0.2, 0) is 14.6 Å². The van der Waals surface area contributed by atoms with E-state index < -0.39 is 15.4 Å². The van der Waals surface area contributed by atoms with Crippen molar-refractivity contribution >= 4 is 37.3 Å². The number of carbonyl (C=O) groups excluding carboxylic acids is 1. The third-order valence-electron chi connectivity index (χ3n) is 5.50. The molecule has 1 amide bonds. The molecule has 6 nitrogen and oxygen atoms in total. The van der Waals surface area contributed by atoms with Gasteiger partial charge in [0.25, 0.3) is 0 Å². The van der Waals surface area contributed by atoms with Crippen LogP contribution in [0.1, 0.15) is 43.7 Å². The Morgan fingerprint density at radius 2 is 2.19 bits per heavy atom. The number of para-hydroxylation sites is 1. The number of fused-ring (bicyclic) bond motifs is 1. The standard InChI is InChI=1S/C19H25N3O3S2/c1-19(9-11-27(24,25)13-19)21-17(23)12-22-10-5-4-7-15(22)18-20-14-6-2-3-8-16(14)26-18/h2-3,6,8,15H,4-5,7,9-13H2,1H3,(H,21,23)/t15-,19-/m1/s1. The minimum Gasteiger partial charge on any atom is -0.349 e. The molecule has 8 heteroatoms. The number of benzene rings is 1. The van der Waals surface area contributed by atoms with Gasteiger partial charge in [0.05, 0.1) is 39.8 Å². The van der Waals surface area contributed by atoms with Gasteiger partial charge in [-0.3, -0.25) is 9.69 Å². The summed E-state index contributed by atoms with van der Waals surface area (Å²) in [6.07, 6.45) is 3.69. The number of amides is 1. The molecule has 0 aliphatic carbocycles. The van der Waals surface area contributed by atoms with E-state index in [2.05, 4.69) is 16.3 Å². The molecule has 146 valence electrons. The molecule has 0 radical (unpaired) electrons. The van der Waals surface area contributed by atoms with E-state index in [0.29, 0.717) is 6.42 Å². The average molecular weight is 408 g/mol. The molecule has 2 aliphatic rings. The SMILES string of the molecule is C[C@@]1(NC(=O)CN2CCCC[C@@H]2c2nc3ccccc3s2)CCS(=O)(=O)C1. The van der Waals surface area contributed by atoms with Crippen LogP contribution >= 0.6 is 11.3 Å². The van der Waals surface area contributed by atoms with Crippen molar-refractivity contribution in [1.82, 2.24) is 15.2 Å². The van der Waals surface area contributed by atoms with E-state index in [4.69, 9.17) is 4.98 Å². The Morgan fingerprint density at radius 3 is 2.93 bits per heavy atom. The second kappa shape index (κ2) is 7.14. The monoisotopic (exact) mass is 407 g/mol. The normalized spacial score (nSPS) is 28.4. The van der Waals surface area contributed by atoms with Gasteiger partial charge in [-0.1, -0.05) is 18.6 Å². The van der Waals surface area contributed by atoms with Crippen LogP contribution in [0.15, 0.2) is 24.3 Å². The number of rotatable bonds is 4. The van der Waals surface area contributed by atoms with E-state index in [0.717, 1.165) is 36.3 Å². The second-order valence-corrected chi connectivity index (χ2v) is 11.2. The summed E-state index contributed by atoms with van der Waals surface area (Å²) in [6, 6.07) is 8.27. The van der Waals surface area contributed by atoms with Gasteiger partial charge in [-0.05, 0) is 44.9 Å². The predicted molar refractivity (Wildman–Crippen MR) is 108 cm³/mol. The highest BCUT2D eigenvalue weighted by atomic mass is 32.2. The Bertz CT molecular complexity index is 923. The van der Waals surface area contributed by atoms with E-state index in [1.807, 2.05) is 25.1 Å². The zero-order chi connectivity index (χ0) is 19.1. The Labute approximate surface area is 163 Å². The summed E-state index contributed by atoms with van der Waals surface area (Å²) in [4.78, 5) is 19.7. The number of nitrogens with zero attached hydrogens (tertiary/aromatic N) is 2. The van der Waals surface area contributed by atoms with E-state index >= 15 is 0 Å². The molecule has 0 bridgehead atoms. The lowest BCUT2D eigenvalue weighted by Gasteiger charge is -2.35. The van der Waals surface area contributed by atoms with Gasteiger partial charge in [-0.15, -0.1) is 11.3 Å². The van der Waals surface area contributed by atoms with Gasteiger partial charge in [0.15, 0.2) is 9.84 Å². The van der Waals surface area contributed by atoms with E-state index in [-0.39, 0.29) is 30.0 Å². The number of aromatic nitrogens is 1. The molecule has 2 saturated heterocycles. The molecular weight excluding hydrogens is 382 g/mol. The Balaban J connectivity index is 1.47. The first-order valence-corrected chi connectivity index (χ1v) is 12.1. The van der Waals surface area contributed by atoms with Gasteiger partial charge in [-0.25, -0.2) is 13.4 Å². The lowest BCUT2D eigenvalue weighted by Crippen LogP contribution is -2.51. The molecule has 2 fully saturated rings. The van der Waals surface area contributed by atoms with Crippen LogP contribution in [0.4, 0.5) is 0 Å². The van der Waals surface area contributed by atoms with Gasteiger partial charge in [-0.2, -0.15) is 0 Å². The predicted octanol–water partition coefficient (Wildman–Crippen LogP) is 2.52. The third kappa shape index (κ3) is 4.17. The summed E-state index contributed by atoms with van der Waals surface area (Å²) < 4.78 is 24.7. The molecular formula is C19H25N3O3S2. The van der Waals surface area contributed by atoms with Gasteiger partial charge < -0.3 is 5.32 Å². The minimum atomic E-state index is -3.04. The smallest absolute Gasteiger partial charge is 0.234 e. The number of sulfone groups is 1. The van der Waals surface area contributed by atoms with Crippen molar-refractivity contribution in [3.05, 3.63) is 29.3 Å². The first kappa shape index (κ1) is 18.8. The Kier molecular flexibility index (Phi) is 4.98. The van der Waals surface area contributed by atoms with Crippen molar-refractivity contribution in [2.75, 3.05) is 24.6 Å². The maximum absolute atomic E-state index is 12.7. The number of thiazole rings is 1.